The van der Waals surface area contributed by atoms with Crippen LogP contribution in [0.25, 0.3) is 17.2 Å². The molecule has 0 spiro atoms. The number of nitrogens with zero attached hydrogens (tertiary/aromatic N) is 3. The van der Waals surface area contributed by atoms with E-state index in [0.29, 0.717) is 0 Å². The first kappa shape index (κ1) is 25.3. The number of amides is 1. The largest absolute Gasteiger partial charge is 0.368 e. The molecule has 0 radical (unpaired) electrons. The number of unbranched alkanes of at least 4 members (excludes halogenated alkanes) is 1. The maximum atomic E-state index is 13.2. The summed E-state index contributed by atoms with van der Waals surface area (Å²) in [7, 11) is 0. The summed E-state index contributed by atoms with van der Waals surface area (Å²) in [6.45, 7) is 7.01. The molecule has 0 saturated carbocycles. The fourth-order valence-electron chi connectivity index (χ4n) is 5.44. The highest BCUT2D eigenvalue weighted by Crippen LogP contribution is 2.22. The van der Waals surface area contributed by atoms with E-state index in [1.807, 2.05) is 41.3 Å². The van der Waals surface area contributed by atoms with Gasteiger partial charge >= 0.3 is 0 Å². The molecule has 3 aromatic carbocycles. The van der Waals surface area contributed by atoms with Crippen molar-refractivity contribution >= 4 is 17.7 Å². The molecule has 0 N–H and O–H groups in total. The molecule has 4 nitrogen and oxygen atoms in total. The van der Waals surface area contributed by atoms with Crippen LogP contribution in [0.1, 0.15) is 48.0 Å². The van der Waals surface area contributed by atoms with Crippen molar-refractivity contribution < 1.29 is 4.79 Å². The maximum absolute atomic E-state index is 13.2. The van der Waals surface area contributed by atoms with E-state index in [-0.39, 0.29) is 5.91 Å². The number of likely N-dealkylation sites (tertiary alicyclic amines) is 1. The van der Waals surface area contributed by atoms with E-state index in [9.17, 15) is 4.79 Å². The van der Waals surface area contributed by atoms with Gasteiger partial charge in [0.2, 0.25) is 0 Å². The molecule has 192 valence electrons. The quantitative estimate of drug-likeness (QED) is 0.331. The summed E-state index contributed by atoms with van der Waals surface area (Å²) >= 11 is 0. The van der Waals surface area contributed by atoms with Gasteiger partial charge in [-0.15, -0.1) is 0 Å². The van der Waals surface area contributed by atoms with E-state index >= 15 is 0 Å². The molecule has 5 rings (SSSR count). The standard InChI is InChI=1S/C33H39N3O/c37-33(31-15-10-14-30(27-31)29-12-5-1-6-13-29)36-25-23-35(24-26-36)32-18-16-28(17-19-32)11-4-2-7-20-34-21-8-3-9-22-34/h1,4-6,10-19,27H,2-3,7-9,20-26H2/b11-4-. The molecule has 0 aromatic heterocycles. The number of rotatable bonds is 8. The summed E-state index contributed by atoms with van der Waals surface area (Å²) in [6, 6.07) is 27.1. The van der Waals surface area contributed by atoms with Crippen LogP contribution in [0.5, 0.6) is 0 Å². The number of allylic oxidation sites excluding steroid dienone is 1. The first-order valence-electron chi connectivity index (χ1n) is 13.9. The van der Waals surface area contributed by atoms with Crippen LogP contribution in [-0.4, -0.2) is 61.5 Å². The summed E-state index contributed by atoms with van der Waals surface area (Å²) in [6.07, 6.45) is 11.1. The number of piperidine rings is 1. The van der Waals surface area contributed by atoms with Crippen molar-refractivity contribution in [2.24, 2.45) is 0 Å². The molecule has 2 aliphatic heterocycles. The number of benzene rings is 3. The Balaban J connectivity index is 1.09. The van der Waals surface area contributed by atoms with Gasteiger partial charge in [-0.05, 0) is 86.3 Å². The van der Waals surface area contributed by atoms with Crippen molar-refractivity contribution in [2.75, 3.05) is 50.7 Å². The Labute approximate surface area is 222 Å². The van der Waals surface area contributed by atoms with E-state index in [2.05, 4.69) is 64.4 Å². The Morgan fingerprint density at radius 1 is 0.730 bits per heavy atom. The van der Waals surface area contributed by atoms with Crippen LogP contribution in [0.4, 0.5) is 5.69 Å². The van der Waals surface area contributed by atoms with Crippen LogP contribution in [-0.2, 0) is 0 Å². The topological polar surface area (TPSA) is 26.8 Å². The molecular formula is C33H39N3O. The summed E-state index contributed by atoms with van der Waals surface area (Å²) in [5.41, 5.74) is 5.48. The lowest BCUT2D eigenvalue weighted by Crippen LogP contribution is -2.48. The van der Waals surface area contributed by atoms with Crippen molar-refractivity contribution in [3.63, 3.8) is 0 Å². The molecule has 0 unspecified atom stereocenters. The van der Waals surface area contributed by atoms with Crippen molar-refractivity contribution in [2.45, 2.75) is 32.1 Å². The Morgan fingerprint density at radius 2 is 1.46 bits per heavy atom. The van der Waals surface area contributed by atoms with Gasteiger partial charge in [0.05, 0.1) is 0 Å². The molecule has 4 heteroatoms. The zero-order valence-electron chi connectivity index (χ0n) is 21.9. The molecule has 1 amide bonds. The van der Waals surface area contributed by atoms with Crippen molar-refractivity contribution in [3.05, 3.63) is 96.1 Å². The van der Waals surface area contributed by atoms with Crippen molar-refractivity contribution in [1.82, 2.24) is 9.80 Å². The average molecular weight is 494 g/mol. The minimum Gasteiger partial charge on any atom is -0.368 e. The Hall–Kier alpha value is -3.37. The third-order valence-corrected chi connectivity index (χ3v) is 7.65. The lowest BCUT2D eigenvalue weighted by molar-refractivity contribution is 0.0747. The van der Waals surface area contributed by atoms with Gasteiger partial charge in [-0.1, -0.05) is 73.2 Å². The van der Waals surface area contributed by atoms with E-state index < -0.39 is 0 Å². The van der Waals surface area contributed by atoms with Gasteiger partial charge in [0.25, 0.3) is 5.91 Å². The summed E-state index contributed by atoms with van der Waals surface area (Å²) in [4.78, 5) is 20.2. The smallest absolute Gasteiger partial charge is 0.253 e. The molecule has 2 aliphatic rings. The van der Waals surface area contributed by atoms with Crippen LogP contribution in [0.2, 0.25) is 0 Å². The van der Waals surface area contributed by atoms with E-state index in [1.165, 1.54) is 56.6 Å². The Morgan fingerprint density at radius 3 is 2.22 bits per heavy atom. The van der Waals surface area contributed by atoms with E-state index in [0.717, 1.165) is 49.3 Å². The highest BCUT2D eigenvalue weighted by molar-refractivity contribution is 5.95. The first-order chi connectivity index (χ1) is 18.3. The minimum absolute atomic E-state index is 0.123. The summed E-state index contributed by atoms with van der Waals surface area (Å²) in [5.74, 6) is 0.123. The second kappa shape index (κ2) is 12.7. The van der Waals surface area contributed by atoms with Gasteiger partial charge in [-0.25, -0.2) is 0 Å². The van der Waals surface area contributed by atoms with Gasteiger partial charge in [0.15, 0.2) is 0 Å². The van der Waals surface area contributed by atoms with Crippen LogP contribution in [0.3, 0.4) is 0 Å². The van der Waals surface area contributed by atoms with Gasteiger partial charge in [0, 0.05) is 37.4 Å². The molecule has 3 aromatic rings. The lowest BCUT2D eigenvalue weighted by atomic mass is 10.0. The van der Waals surface area contributed by atoms with Crippen LogP contribution >= 0.6 is 0 Å². The Kier molecular flexibility index (Phi) is 8.70. The Bertz CT molecular complexity index is 1160. The third-order valence-electron chi connectivity index (χ3n) is 7.65. The number of hydrogen-bond donors (Lipinski definition) is 0. The monoisotopic (exact) mass is 493 g/mol. The van der Waals surface area contributed by atoms with E-state index in [1.54, 1.807) is 0 Å². The van der Waals surface area contributed by atoms with Crippen molar-refractivity contribution in [3.8, 4) is 11.1 Å². The predicted octanol–water partition coefficient (Wildman–Crippen LogP) is 6.60. The zero-order chi connectivity index (χ0) is 25.3. The molecule has 2 fully saturated rings. The molecule has 37 heavy (non-hydrogen) atoms. The molecule has 0 bridgehead atoms. The number of piperazine rings is 1. The molecule has 0 aliphatic carbocycles. The SMILES string of the molecule is O=C(c1cccc(-c2ccccc2)c1)N1CCN(c2ccc(/C=C\CCCN3CCCCC3)cc2)CC1. The number of carbonyl (C=O) groups is 1. The van der Waals surface area contributed by atoms with Gasteiger partial charge < -0.3 is 14.7 Å². The normalized spacial score (nSPS) is 16.9. The molecule has 2 saturated heterocycles. The van der Waals surface area contributed by atoms with Crippen LogP contribution < -0.4 is 4.90 Å². The predicted molar refractivity (Wildman–Crippen MR) is 155 cm³/mol. The van der Waals surface area contributed by atoms with Gasteiger partial charge in [0.1, 0.15) is 0 Å². The van der Waals surface area contributed by atoms with Crippen LogP contribution in [0, 0.1) is 0 Å². The van der Waals surface area contributed by atoms with Gasteiger partial charge in [-0.2, -0.15) is 0 Å². The first-order valence-corrected chi connectivity index (χ1v) is 13.9. The molecule has 0 atom stereocenters. The van der Waals surface area contributed by atoms with Crippen molar-refractivity contribution in [1.29, 1.82) is 0 Å². The van der Waals surface area contributed by atoms with E-state index in [4.69, 9.17) is 0 Å². The number of hydrogen-bond acceptors (Lipinski definition) is 3. The maximum Gasteiger partial charge on any atom is 0.253 e. The summed E-state index contributed by atoms with van der Waals surface area (Å²) < 4.78 is 0. The summed E-state index contributed by atoms with van der Waals surface area (Å²) in [5, 5.41) is 0. The second-order valence-corrected chi connectivity index (χ2v) is 10.3. The number of carbonyl (C=O) groups excluding carboxylic acids is 1. The highest BCUT2D eigenvalue weighted by atomic mass is 16.2. The lowest BCUT2D eigenvalue weighted by Gasteiger charge is -2.36. The second-order valence-electron chi connectivity index (χ2n) is 10.3. The van der Waals surface area contributed by atoms with Crippen LogP contribution in [0.15, 0.2) is 84.9 Å². The fraction of sp³-hybridized carbons (Fsp3) is 0.364. The average Bonchev–Trinajstić information content (AvgIpc) is 2.98. The zero-order valence-corrected chi connectivity index (χ0v) is 21.9. The number of anilines is 1. The molecular weight excluding hydrogens is 454 g/mol. The van der Waals surface area contributed by atoms with Gasteiger partial charge in [-0.3, -0.25) is 4.79 Å². The fourth-order valence-corrected chi connectivity index (χ4v) is 5.44. The minimum atomic E-state index is 0.123. The molecule has 2 heterocycles. The third kappa shape index (κ3) is 6.90. The highest BCUT2D eigenvalue weighted by Gasteiger charge is 2.22.